The van der Waals surface area contributed by atoms with Crippen LogP contribution in [0.25, 0.3) is 0 Å². The molecule has 19 heavy (non-hydrogen) atoms. The minimum Gasteiger partial charge on any atom is -0.385 e. The molecule has 0 bridgehead atoms. The highest BCUT2D eigenvalue weighted by Crippen LogP contribution is 2.18. The van der Waals surface area contributed by atoms with Gasteiger partial charge < -0.3 is 10.3 Å². The highest BCUT2D eigenvalue weighted by molar-refractivity contribution is 7.98. The molecule has 0 aliphatic carbocycles. The normalized spacial score (nSPS) is 10.4. The number of pyridine rings is 1. The van der Waals surface area contributed by atoms with Crippen molar-refractivity contribution in [2.75, 3.05) is 11.9 Å². The number of rotatable bonds is 5. The molecule has 0 spiro atoms. The van der Waals surface area contributed by atoms with Gasteiger partial charge in [-0.05, 0) is 26.0 Å². The van der Waals surface area contributed by atoms with Gasteiger partial charge in [0.1, 0.15) is 0 Å². The quantitative estimate of drug-likeness (QED) is 0.647. The van der Waals surface area contributed by atoms with Crippen LogP contribution in [0, 0.1) is 6.92 Å². The molecule has 0 fully saturated rings. The van der Waals surface area contributed by atoms with Gasteiger partial charge in [-0.1, -0.05) is 11.8 Å². The fourth-order valence-electron chi connectivity index (χ4n) is 1.63. The maximum Gasteiger partial charge on any atom is 0.251 e. The van der Waals surface area contributed by atoms with Crippen molar-refractivity contribution in [2.45, 2.75) is 24.8 Å². The number of hydrogen-bond donors (Lipinski definition) is 2. The van der Waals surface area contributed by atoms with Crippen molar-refractivity contribution in [1.82, 2.24) is 15.0 Å². The van der Waals surface area contributed by atoms with Crippen LogP contribution in [0.3, 0.4) is 0 Å². The monoisotopic (exact) mass is 276 g/mol. The second kappa shape index (κ2) is 6.38. The highest BCUT2D eigenvalue weighted by Gasteiger charge is 2.02. The Morgan fingerprint density at radius 3 is 3.00 bits per heavy atom. The highest BCUT2D eigenvalue weighted by atomic mass is 32.2. The summed E-state index contributed by atoms with van der Waals surface area (Å²) in [5.74, 6) is 0.672. The molecule has 0 radical (unpaired) electrons. The molecule has 0 aromatic carbocycles. The predicted molar refractivity (Wildman–Crippen MR) is 77.6 cm³/mol. The van der Waals surface area contributed by atoms with E-state index in [1.54, 1.807) is 6.20 Å². The zero-order chi connectivity index (χ0) is 13.7. The minimum absolute atomic E-state index is 0.121. The predicted octanol–water partition coefficient (Wildman–Crippen LogP) is 2.20. The van der Waals surface area contributed by atoms with Gasteiger partial charge in [0.15, 0.2) is 5.16 Å². The summed E-state index contributed by atoms with van der Waals surface area (Å²) in [6, 6.07) is 5.42. The van der Waals surface area contributed by atoms with Gasteiger partial charge in [0.25, 0.3) is 5.56 Å². The Bertz CT molecular complexity index is 612. The SMILES string of the molecule is CCNc1ccnc(CSc2nc(C)cc(=O)[nH]2)c1. The number of nitrogens with zero attached hydrogens (tertiary/aromatic N) is 2. The molecule has 6 heteroatoms. The molecule has 0 amide bonds. The summed E-state index contributed by atoms with van der Waals surface area (Å²) in [7, 11) is 0. The molecule has 2 aromatic rings. The number of thioether (sulfide) groups is 1. The standard InChI is InChI=1S/C13H16N4OS/c1-3-14-10-4-5-15-11(7-10)8-19-13-16-9(2)6-12(18)17-13/h4-7H,3,8H2,1-2H3,(H,14,15)(H,16,17,18). The van der Waals surface area contributed by atoms with E-state index in [-0.39, 0.29) is 5.56 Å². The van der Waals surface area contributed by atoms with Crippen LogP contribution >= 0.6 is 11.8 Å². The van der Waals surface area contributed by atoms with E-state index in [2.05, 4.69) is 27.2 Å². The summed E-state index contributed by atoms with van der Waals surface area (Å²) < 4.78 is 0. The van der Waals surface area contributed by atoms with E-state index < -0.39 is 0 Å². The second-order valence-electron chi connectivity index (χ2n) is 4.05. The summed E-state index contributed by atoms with van der Waals surface area (Å²) in [4.78, 5) is 22.6. The molecule has 2 N–H and O–H groups in total. The molecule has 0 unspecified atom stereocenters. The van der Waals surface area contributed by atoms with Gasteiger partial charge in [-0.15, -0.1) is 0 Å². The van der Waals surface area contributed by atoms with E-state index in [4.69, 9.17) is 0 Å². The first kappa shape index (κ1) is 13.6. The Kier molecular flexibility index (Phi) is 4.57. The van der Waals surface area contributed by atoms with Crippen LogP contribution in [-0.4, -0.2) is 21.5 Å². The lowest BCUT2D eigenvalue weighted by molar-refractivity contribution is 0.904. The van der Waals surface area contributed by atoms with Crippen molar-refractivity contribution in [2.24, 2.45) is 0 Å². The lowest BCUT2D eigenvalue weighted by Crippen LogP contribution is -2.08. The van der Waals surface area contributed by atoms with Crippen molar-refractivity contribution >= 4 is 17.4 Å². The summed E-state index contributed by atoms with van der Waals surface area (Å²) in [6.45, 7) is 4.74. The van der Waals surface area contributed by atoms with Gasteiger partial charge in [0.05, 0.1) is 5.69 Å². The molecule has 2 rings (SSSR count). The first-order valence-corrected chi connectivity index (χ1v) is 7.05. The van der Waals surface area contributed by atoms with Gasteiger partial charge in [-0.3, -0.25) is 9.78 Å². The van der Waals surface area contributed by atoms with Crippen LogP contribution in [0.1, 0.15) is 18.3 Å². The lowest BCUT2D eigenvalue weighted by Gasteiger charge is -2.05. The van der Waals surface area contributed by atoms with Gasteiger partial charge in [0, 0.05) is 35.9 Å². The van der Waals surface area contributed by atoms with Crippen molar-refractivity contribution < 1.29 is 0 Å². The van der Waals surface area contributed by atoms with E-state index >= 15 is 0 Å². The Labute approximate surface area is 115 Å². The second-order valence-corrected chi connectivity index (χ2v) is 5.01. The zero-order valence-electron chi connectivity index (χ0n) is 10.9. The molecule has 0 aliphatic rings. The van der Waals surface area contributed by atoms with E-state index in [9.17, 15) is 4.79 Å². The summed E-state index contributed by atoms with van der Waals surface area (Å²) in [5, 5.41) is 3.87. The number of aromatic nitrogens is 3. The average molecular weight is 276 g/mol. The fraction of sp³-hybridized carbons (Fsp3) is 0.308. The van der Waals surface area contributed by atoms with Crippen LogP contribution in [0.5, 0.6) is 0 Å². The number of nitrogens with one attached hydrogen (secondary N) is 2. The summed E-state index contributed by atoms with van der Waals surface area (Å²) >= 11 is 1.47. The Hall–Kier alpha value is -1.82. The van der Waals surface area contributed by atoms with Crippen molar-refractivity contribution in [3.8, 4) is 0 Å². The molecule has 0 saturated heterocycles. The van der Waals surface area contributed by atoms with Crippen LogP contribution in [0.4, 0.5) is 5.69 Å². The molecule has 2 aromatic heterocycles. The van der Waals surface area contributed by atoms with Gasteiger partial charge in [0.2, 0.25) is 0 Å². The van der Waals surface area contributed by atoms with Gasteiger partial charge >= 0.3 is 0 Å². The first-order chi connectivity index (χ1) is 9.17. The maximum absolute atomic E-state index is 11.3. The number of aryl methyl sites for hydroxylation is 1. The Balaban J connectivity index is 2.05. The molecular weight excluding hydrogens is 260 g/mol. The molecule has 100 valence electrons. The van der Waals surface area contributed by atoms with Gasteiger partial charge in [-0.2, -0.15) is 0 Å². The van der Waals surface area contributed by atoms with Crippen LogP contribution in [0.2, 0.25) is 0 Å². The molecule has 2 heterocycles. The maximum atomic E-state index is 11.3. The van der Waals surface area contributed by atoms with E-state index in [0.717, 1.165) is 23.6 Å². The summed E-state index contributed by atoms with van der Waals surface area (Å²) in [5.41, 5.74) is 2.61. The van der Waals surface area contributed by atoms with Crippen LogP contribution < -0.4 is 10.9 Å². The molecule has 0 atom stereocenters. The lowest BCUT2D eigenvalue weighted by atomic mass is 10.3. The zero-order valence-corrected chi connectivity index (χ0v) is 11.8. The smallest absolute Gasteiger partial charge is 0.251 e. The fourth-order valence-corrected chi connectivity index (χ4v) is 2.46. The van der Waals surface area contributed by atoms with Gasteiger partial charge in [-0.25, -0.2) is 4.98 Å². The third kappa shape index (κ3) is 4.10. The van der Waals surface area contributed by atoms with Crippen LogP contribution in [-0.2, 0) is 5.75 Å². The topological polar surface area (TPSA) is 70.7 Å². The van der Waals surface area contributed by atoms with E-state index in [1.165, 1.54) is 17.8 Å². The van der Waals surface area contributed by atoms with Crippen molar-refractivity contribution in [3.63, 3.8) is 0 Å². The van der Waals surface area contributed by atoms with Crippen molar-refractivity contribution in [1.29, 1.82) is 0 Å². The number of hydrogen-bond acceptors (Lipinski definition) is 5. The number of H-pyrrole nitrogens is 1. The molecule has 0 aliphatic heterocycles. The van der Waals surface area contributed by atoms with Crippen molar-refractivity contribution in [3.05, 3.63) is 46.1 Å². The molecular formula is C13H16N4OS. The van der Waals surface area contributed by atoms with E-state index in [0.29, 0.717) is 10.9 Å². The summed E-state index contributed by atoms with van der Waals surface area (Å²) in [6.07, 6.45) is 1.78. The average Bonchev–Trinajstić information content (AvgIpc) is 2.36. The number of anilines is 1. The Morgan fingerprint density at radius 1 is 1.42 bits per heavy atom. The minimum atomic E-state index is -0.121. The molecule has 5 nitrogen and oxygen atoms in total. The van der Waals surface area contributed by atoms with E-state index in [1.807, 2.05) is 19.1 Å². The molecule has 0 saturated carbocycles. The van der Waals surface area contributed by atoms with Crippen LogP contribution in [0.15, 0.2) is 34.3 Å². The largest absolute Gasteiger partial charge is 0.385 e. The first-order valence-electron chi connectivity index (χ1n) is 6.07. The third-order valence-corrected chi connectivity index (χ3v) is 3.31. The third-order valence-electron chi connectivity index (χ3n) is 2.40. The number of aromatic amines is 1. The Morgan fingerprint density at radius 2 is 2.26 bits per heavy atom.